The molecule has 1 N–H and O–H groups in total. The lowest BCUT2D eigenvalue weighted by Crippen LogP contribution is -2.13. The highest BCUT2D eigenvalue weighted by atomic mass is 32.2. The molecule has 0 saturated heterocycles. The lowest BCUT2D eigenvalue weighted by atomic mass is 10.1. The molecule has 1 aliphatic rings. The highest BCUT2D eigenvalue weighted by Crippen LogP contribution is 2.25. The fourth-order valence-corrected chi connectivity index (χ4v) is 3.81. The van der Waals surface area contributed by atoms with Crippen molar-refractivity contribution in [2.45, 2.75) is 31.1 Å². The first-order valence-electron chi connectivity index (χ1n) is 7.21. The number of rotatable bonds is 4. The van der Waals surface area contributed by atoms with Gasteiger partial charge in [0.15, 0.2) is 5.78 Å². The second-order valence-corrected chi connectivity index (χ2v) is 7.21. The van der Waals surface area contributed by atoms with Crippen molar-refractivity contribution in [2.24, 2.45) is 0 Å². The summed E-state index contributed by atoms with van der Waals surface area (Å²) in [7, 11) is -3.60. The van der Waals surface area contributed by atoms with E-state index < -0.39 is 10.0 Å². The van der Waals surface area contributed by atoms with Crippen molar-refractivity contribution < 1.29 is 13.2 Å². The number of anilines is 1. The maximum absolute atomic E-state index is 12.4. The summed E-state index contributed by atoms with van der Waals surface area (Å²) < 4.78 is 27.4. The molecule has 0 spiro atoms. The van der Waals surface area contributed by atoms with Crippen molar-refractivity contribution in [1.82, 2.24) is 0 Å². The van der Waals surface area contributed by atoms with Gasteiger partial charge in [-0.2, -0.15) is 0 Å². The van der Waals surface area contributed by atoms with Gasteiger partial charge in [-0.1, -0.05) is 6.07 Å². The molecule has 0 unspecified atom stereocenters. The van der Waals surface area contributed by atoms with Gasteiger partial charge in [-0.3, -0.25) is 9.52 Å². The molecule has 0 fully saturated rings. The molecule has 1 aliphatic carbocycles. The summed E-state index contributed by atoms with van der Waals surface area (Å²) in [5.41, 5.74) is 3.37. The van der Waals surface area contributed by atoms with Gasteiger partial charge >= 0.3 is 0 Å². The lowest BCUT2D eigenvalue weighted by molar-refractivity contribution is 0.101. The fourth-order valence-electron chi connectivity index (χ4n) is 2.70. The number of hydrogen-bond donors (Lipinski definition) is 1. The summed E-state index contributed by atoms with van der Waals surface area (Å²) in [5, 5.41) is 0. The van der Waals surface area contributed by atoms with Gasteiger partial charge in [0.05, 0.1) is 4.90 Å². The van der Waals surface area contributed by atoms with Gasteiger partial charge in [-0.05, 0) is 73.7 Å². The van der Waals surface area contributed by atoms with Crippen LogP contribution in [0, 0.1) is 0 Å². The van der Waals surface area contributed by atoms with Crippen LogP contribution in [0.15, 0.2) is 47.4 Å². The molecule has 3 rings (SSSR count). The van der Waals surface area contributed by atoms with Crippen LogP contribution in [0.25, 0.3) is 0 Å². The summed E-state index contributed by atoms with van der Waals surface area (Å²) in [5.74, 6) is -0.0481. The molecule has 22 heavy (non-hydrogen) atoms. The van der Waals surface area contributed by atoms with Gasteiger partial charge in [0.25, 0.3) is 10.0 Å². The Bertz CT molecular complexity index is 823. The molecule has 0 heterocycles. The summed E-state index contributed by atoms with van der Waals surface area (Å²) in [6.07, 6.45) is 3.04. The van der Waals surface area contributed by atoms with Crippen LogP contribution in [-0.4, -0.2) is 14.2 Å². The average Bonchev–Trinajstić information content (AvgIpc) is 2.94. The normalized spacial score (nSPS) is 13.7. The Morgan fingerprint density at radius 2 is 1.68 bits per heavy atom. The second-order valence-electron chi connectivity index (χ2n) is 5.52. The number of fused-ring (bicyclic) bond motifs is 1. The number of hydrogen-bond acceptors (Lipinski definition) is 3. The largest absolute Gasteiger partial charge is 0.295 e. The summed E-state index contributed by atoms with van der Waals surface area (Å²) in [6.45, 7) is 1.48. The minimum atomic E-state index is -3.60. The van der Waals surface area contributed by atoms with E-state index in [2.05, 4.69) is 4.72 Å². The Balaban J connectivity index is 1.85. The smallest absolute Gasteiger partial charge is 0.261 e. The van der Waals surface area contributed by atoms with Crippen LogP contribution in [0.1, 0.15) is 34.8 Å². The van der Waals surface area contributed by atoms with Gasteiger partial charge < -0.3 is 0 Å². The fraction of sp³-hybridized carbons (Fsp3) is 0.235. The minimum Gasteiger partial charge on any atom is -0.295 e. The average molecular weight is 315 g/mol. The second kappa shape index (κ2) is 5.57. The topological polar surface area (TPSA) is 63.2 Å². The molecule has 0 aliphatic heterocycles. The molecule has 4 nitrogen and oxygen atoms in total. The molecular formula is C17H17NO3S. The predicted octanol–water partition coefficient (Wildman–Crippen LogP) is 3.18. The van der Waals surface area contributed by atoms with E-state index in [9.17, 15) is 13.2 Å². The molecule has 0 radical (unpaired) electrons. The Hall–Kier alpha value is -2.14. The number of aryl methyl sites for hydroxylation is 2. The summed E-state index contributed by atoms with van der Waals surface area (Å²) in [6, 6.07) is 11.7. The Labute approximate surface area is 130 Å². The van der Waals surface area contributed by atoms with E-state index >= 15 is 0 Å². The first-order valence-corrected chi connectivity index (χ1v) is 8.70. The number of sulfonamides is 1. The van der Waals surface area contributed by atoms with Crippen LogP contribution < -0.4 is 4.72 Å². The molecule has 0 bridgehead atoms. The van der Waals surface area contributed by atoms with Gasteiger partial charge in [-0.15, -0.1) is 0 Å². The van der Waals surface area contributed by atoms with E-state index in [0.717, 1.165) is 24.8 Å². The first-order chi connectivity index (χ1) is 10.5. The van der Waals surface area contributed by atoms with E-state index in [4.69, 9.17) is 0 Å². The SMILES string of the molecule is CC(=O)c1ccc(NS(=O)(=O)c2ccc3c(c2)CCC3)cc1. The van der Waals surface area contributed by atoms with Gasteiger partial charge in [-0.25, -0.2) is 8.42 Å². The minimum absolute atomic E-state index is 0.0481. The zero-order valence-corrected chi connectivity index (χ0v) is 13.1. The zero-order valence-electron chi connectivity index (χ0n) is 12.3. The van der Waals surface area contributed by atoms with Crippen LogP contribution in [0.4, 0.5) is 5.69 Å². The van der Waals surface area contributed by atoms with Crippen molar-refractivity contribution in [3.63, 3.8) is 0 Å². The van der Waals surface area contributed by atoms with E-state index in [-0.39, 0.29) is 10.7 Å². The highest BCUT2D eigenvalue weighted by Gasteiger charge is 2.18. The van der Waals surface area contributed by atoms with Gasteiger partial charge in [0, 0.05) is 11.3 Å². The van der Waals surface area contributed by atoms with Gasteiger partial charge in [0.1, 0.15) is 0 Å². The summed E-state index contributed by atoms with van der Waals surface area (Å²) in [4.78, 5) is 11.5. The molecule has 0 amide bonds. The number of carbonyl (C=O) groups is 1. The molecule has 0 aromatic heterocycles. The van der Waals surface area contributed by atoms with E-state index in [1.54, 1.807) is 36.4 Å². The third-order valence-electron chi connectivity index (χ3n) is 3.92. The molecule has 114 valence electrons. The number of benzene rings is 2. The third-order valence-corrected chi connectivity index (χ3v) is 5.30. The zero-order chi connectivity index (χ0) is 15.7. The van der Waals surface area contributed by atoms with E-state index in [1.165, 1.54) is 12.5 Å². The standard InChI is InChI=1S/C17H17NO3S/c1-12(19)13-5-8-16(9-6-13)18-22(20,21)17-10-7-14-3-2-4-15(14)11-17/h5-11,18H,2-4H2,1H3. The maximum Gasteiger partial charge on any atom is 0.261 e. The van der Waals surface area contributed by atoms with Crippen LogP contribution in [0.3, 0.4) is 0 Å². The lowest BCUT2D eigenvalue weighted by Gasteiger charge is -2.10. The maximum atomic E-state index is 12.4. The Morgan fingerprint density at radius 1 is 1.00 bits per heavy atom. The quantitative estimate of drug-likeness (QED) is 0.881. The van der Waals surface area contributed by atoms with Crippen molar-refractivity contribution in [3.8, 4) is 0 Å². The highest BCUT2D eigenvalue weighted by molar-refractivity contribution is 7.92. The van der Waals surface area contributed by atoms with Crippen LogP contribution in [0.5, 0.6) is 0 Å². The number of nitrogens with one attached hydrogen (secondary N) is 1. The van der Waals surface area contributed by atoms with Crippen molar-refractivity contribution in [3.05, 3.63) is 59.2 Å². The first kappa shape index (κ1) is 14.8. The predicted molar refractivity (Wildman–Crippen MR) is 85.7 cm³/mol. The molecule has 0 atom stereocenters. The number of Topliss-reactive ketones (excluding diaryl/α,β-unsaturated/α-hetero) is 1. The van der Waals surface area contributed by atoms with E-state index in [0.29, 0.717) is 11.3 Å². The number of carbonyl (C=O) groups excluding carboxylic acids is 1. The molecule has 0 saturated carbocycles. The Kier molecular flexibility index (Phi) is 3.74. The van der Waals surface area contributed by atoms with Crippen molar-refractivity contribution >= 4 is 21.5 Å². The van der Waals surface area contributed by atoms with Crippen LogP contribution in [0.2, 0.25) is 0 Å². The third kappa shape index (κ3) is 2.90. The molecular weight excluding hydrogens is 298 g/mol. The molecule has 2 aromatic rings. The molecule has 5 heteroatoms. The van der Waals surface area contributed by atoms with E-state index in [1.807, 2.05) is 6.07 Å². The molecule has 2 aromatic carbocycles. The monoisotopic (exact) mass is 315 g/mol. The van der Waals surface area contributed by atoms with Crippen molar-refractivity contribution in [2.75, 3.05) is 4.72 Å². The Morgan fingerprint density at radius 3 is 2.36 bits per heavy atom. The van der Waals surface area contributed by atoms with Gasteiger partial charge in [0.2, 0.25) is 0 Å². The van der Waals surface area contributed by atoms with Crippen LogP contribution in [-0.2, 0) is 22.9 Å². The number of ketones is 1. The van der Waals surface area contributed by atoms with Crippen molar-refractivity contribution in [1.29, 1.82) is 0 Å². The van der Waals surface area contributed by atoms with Crippen LogP contribution >= 0.6 is 0 Å². The summed E-state index contributed by atoms with van der Waals surface area (Å²) >= 11 is 0.